The van der Waals surface area contributed by atoms with Gasteiger partial charge in [-0.15, -0.1) is 0 Å². The SMILES string of the molecule is C=CC1=C(CC=CC)C(CC)c2ccc(-c3cccc(-c4cccc(-c5cccc(-c6cccc(-c7ccc(C)c(C(=C)/C=C\C=C/C(=C)CCC)c7)c6)c5)c4)c3)cc21.CC.CCC. The molecule has 1 atom stereocenters. The summed E-state index contributed by atoms with van der Waals surface area (Å²) in [6.45, 7) is 29.7. The molecule has 64 heavy (non-hydrogen) atoms. The molecule has 0 spiro atoms. The summed E-state index contributed by atoms with van der Waals surface area (Å²) in [5.74, 6) is 0.449. The van der Waals surface area contributed by atoms with Crippen LogP contribution >= 0.6 is 0 Å². The molecule has 0 heterocycles. The maximum absolute atomic E-state index is 4.40. The Balaban J connectivity index is 0.00000148. The number of aryl methyl sites for hydroxylation is 1. The third-order valence-electron chi connectivity index (χ3n) is 11.7. The van der Waals surface area contributed by atoms with Crippen LogP contribution in [-0.2, 0) is 0 Å². The minimum absolute atomic E-state index is 0.449. The highest BCUT2D eigenvalue weighted by Gasteiger charge is 2.28. The lowest BCUT2D eigenvalue weighted by molar-refractivity contribution is 0.759. The van der Waals surface area contributed by atoms with E-state index < -0.39 is 0 Å². The second-order valence-electron chi connectivity index (χ2n) is 16.4. The predicted octanol–water partition coefficient (Wildman–Crippen LogP) is 19.7. The summed E-state index contributed by atoms with van der Waals surface area (Å²) in [6.07, 6.45) is 20.2. The van der Waals surface area contributed by atoms with Gasteiger partial charge in [-0.25, -0.2) is 0 Å². The molecule has 326 valence electrons. The summed E-state index contributed by atoms with van der Waals surface area (Å²) in [6, 6.07) is 49.4. The van der Waals surface area contributed by atoms with Crippen molar-refractivity contribution in [3.05, 3.63) is 229 Å². The van der Waals surface area contributed by atoms with E-state index in [1.54, 1.807) is 0 Å². The van der Waals surface area contributed by atoms with Gasteiger partial charge in [-0.05, 0) is 159 Å². The minimum atomic E-state index is 0.449. The molecule has 0 radical (unpaired) electrons. The van der Waals surface area contributed by atoms with Gasteiger partial charge < -0.3 is 0 Å². The van der Waals surface area contributed by atoms with Crippen LogP contribution in [0.5, 0.6) is 0 Å². The molecule has 0 heteroatoms. The number of fused-ring (bicyclic) bond motifs is 1. The molecule has 0 aliphatic heterocycles. The molecule has 0 saturated carbocycles. The lowest BCUT2D eigenvalue weighted by atomic mass is 9.90. The maximum Gasteiger partial charge on any atom is 0.00640 e. The first-order valence-electron chi connectivity index (χ1n) is 23.6. The quantitative estimate of drug-likeness (QED) is 0.0714. The van der Waals surface area contributed by atoms with Crippen molar-refractivity contribution < 1.29 is 0 Å². The van der Waals surface area contributed by atoms with Gasteiger partial charge in [-0.2, -0.15) is 0 Å². The predicted molar refractivity (Wildman–Crippen MR) is 287 cm³/mol. The summed E-state index contributed by atoms with van der Waals surface area (Å²) in [5.41, 5.74) is 22.1. The lowest BCUT2D eigenvalue weighted by Crippen LogP contribution is -1.97. The van der Waals surface area contributed by atoms with Gasteiger partial charge in [0.25, 0.3) is 0 Å². The third-order valence-corrected chi connectivity index (χ3v) is 11.7. The van der Waals surface area contributed by atoms with E-state index in [0.717, 1.165) is 42.4 Å². The van der Waals surface area contributed by atoms with Crippen LogP contribution in [0, 0.1) is 6.92 Å². The molecular weight excluding hydrogens is 769 g/mol. The van der Waals surface area contributed by atoms with E-state index in [0.29, 0.717) is 5.92 Å². The Hall–Kier alpha value is -6.50. The molecule has 0 saturated heterocycles. The fourth-order valence-electron chi connectivity index (χ4n) is 8.54. The van der Waals surface area contributed by atoms with E-state index >= 15 is 0 Å². The van der Waals surface area contributed by atoms with Gasteiger partial charge in [-0.1, -0.05) is 225 Å². The van der Waals surface area contributed by atoms with Crippen LogP contribution in [0.1, 0.15) is 109 Å². The third kappa shape index (κ3) is 11.9. The Kier molecular flexibility index (Phi) is 18.5. The highest BCUT2D eigenvalue weighted by Crippen LogP contribution is 2.47. The number of benzene rings is 6. The zero-order chi connectivity index (χ0) is 46.0. The Morgan fingerprint density at radius 1 is 0.578 bits per heavy atom. The monoisotopic (exact) mass is 839 g/mol. The first-order valence-corrected chi connectivity index (χ1v) is 23.6. The Bertz CT molecular complexity index is 2670. The number of hydrogen-bond donors (Lipinski definition) is 0. The van der Waals surface area contributed by atoms with Crippen LogP contribution in [-0.4, -0.2) is 0 Å². The fourth-order valence-corrected chi connectivity index (χ4v) is 8.54. The van der Waals surface area contributed by atoms with Crippen LogP contribution in [0.2, 0.25) is 0 Å². The normalized spacial score (nSPS) is 13.1. The molecule has 0 nitrogen and oxygen atoms in total. The topological polar surface area (TPSA) is 0 Å². The smallest absolute Gasteiger partial charge is 0.00640 e. The second-order valence-corrected chi connectivity index (χ2v) is 16.4. The Morgan fingerprint density at radius 3 is 1.45 bits per heavy atom. The summed E-state index contributed by atoms with van der Waals surface area (Å²) >= 11 is 0. The fraction of sp³-hybridized carbons (Fsp3) is 0.219. The van der Waals surface area contributed by atoms with E-state index in [-0.39, 0.29) is 0 Å². The molecule has 6 aromatic rings. The largest absolute Gasteiger partial charge is 0.0984 e. The van der Waals surface area contributed by atoms with Crippen LogP contribution in [0.3, 0.4) is 0 Å². The molecule has 0 fully saturated rings. The van der Waals surface area contributed by atoms with Crippen molar-refractivity contribution in [3.63, 3.8) is 0 Å². The number of rotatable bonds is 15. The van der Waals surface area contributed by atoms with Crippen molar-refractivity contribution in [2.24, 2.45) is 0 Å². The van der Waals surface area contributed by atoms with Crippen LogP contribution < -0.4 is 0 Å². The van der Waals surface area contributed by atoms with Gasteiger partial charge in [-0.3, -0.25) is 0 Å². The van der Waals surface area contributed by atoms with Gasteiger partial charge in [0.15, 0.2) is 0 Å². The molecule has 1 unspecified atom stereocenters. The summed E-state index contributed by atoms with van der Waals surface area (Å²) in [4.78, 5) is 0. The zero-order valence-corrected chi connectivity index (χ0v) is 40.0. The van der Waals surface area contributed by atoms with Crippen molar-refractivity contribution in [1.29, 1.82) is 0 Å². The summed E-state index contributed by atoms with van der Waals surface area (Å²) < 4.78 is 0. The van der Waals surface area contributed by atoms with E-state index in [1.807, 2.05) is 13.8 Å². The standard InChI is InChI=1S/C59H56.C3H8.C2H6/c1-8-12-30-56-54(10-3)57-34-33-53(40-59(57)55(56)11-4)51-29-18-27-49(38-51)47-25-16-23-45(36-47)44-22-15-24-46(35-44)48-26-17-28-50(37-48)52-32-31-43(7)58(39-52)42(6)21-14-13-20-41(5)19-9-2;1-3-2;1-2/h8,11-18,20-29,31-40,54H,4-6,9-10,19,30H2,1-3,7H3;3H2,1-2H3;1-2H3/b12-8?,20-13-,21-14-;;. The van der Waals surface area contributed by atoms with Crippen molar-refractivity contribution in [2.45, 2.75) is 93.4 Å². The Labute approximate surface area is 387 Å². The van der Waals surface area contributed by atoms with Gasteiger partial charge in [0.1, 0.15) is 0 Å². The molecule has 1 aliphatic rings. The number of hydrogen-bond acceptors (Lipinski definition) is 0. The minimum Gasteiger partial charge on any atom is -0.0984 e. The first kappa shape index (κ1) is 48.5. The molecule has 0 aromatic heterocycles. The first-order chi connectivity index (χ1) is 31.2. The molecule has 0 bridgehead atoms. The van der Waals surface area contributed by atoms with E-state index in [2.05, 4.69) is 237 Å². The second kappa shape index (κ2) is 24.4. The molecule has 6 aromatic carbocycles. The van der Waals surface area contributed by atoms with Gasteiger partial charge >= 0.3 is 0 Å². The molecular formula is C64H70. The molecule has 0 amide bonds. The average molecular weight is 839 g/mol. The highest BCUT2D eigenvalue weighted by molar-refractivity contribution is 5.88. The van der Waals surface area contributed by atoms with Gasteiger partial charge in [0.2, 0.25) is 0 Å². The molecule has 1 aliphatic carbocycles. The van der Waals surface area contributed by atoms with Crippen molar-refractivity contribution in [1.82, 2.24) is 0 Å². The molecule has 0 N–H and O–H groups in total. The van der Waals surface area contributed by atoms with Crippen molar-refractivity contribution in [2.75, 3.05) is 0 Å². The summed E-state index contributed by atoms with van der Waals surface area (Å²) in [5, 5.41) is 0. The number of allylic oxidation sites excluding steroid dienone is 11. The molecule has 7 rings (SSSR count). The van der Waals surface area contributed by atoms with Crippen LogP contribution in [0.4, 0.5) is 0 Å². The maximum atomic E-state index is 4.40. The van der Waals surface area contributed by atoms with Crippen molar-refractivity contribution in [3.8, 4) is 55.6 Å². The van der Waals surface area contributed by atoms with E-state index in [1.165, 1.54) is 89.9 Å². The van der Waals surface area contributed by atoms with Crippen LogP contribution in [0.15, 0.2) is 207 Å². The Morgan fingerprint density at radius 2 is 1.02 bits per heavy atom. The average Bonchev–Trinajstić information content (AvgIpc) is 3.65. The lowest BCUT2D eigenvalue weighted by Gasteiger charge is -2.14. The van der Waals surface area contributed by atoms with Crippen LogP contribution in [0.25, 0.3) is 66.8 Å². The van der Waals surface area contributed by atoms with E-state index in [4.69, 9.17) is 0 Å². The van der Waals surface area contributed by atoms with Crippen molar-refractivity contribution >= 4 is 11.1 Å². The summed E-state index contributed by atoms with van der Waals surface area (Å²) in [7, 11) is 0. The van der Waals surface area contributed by atoms with Gasteiger partial charge in [0, 0.05) is 5.92 Å². The zero-order valence-electron chi connectivity index (χ0n) is 40.0. The highest BCUT2D eigenvalue weighted by atomic mass is 14.3. The van der Waals surface area contributed by atoms with E-state index in [9.17, 15) is 0 Å². The van der Waals surface area contributed by atoms with Gasteiger partial charge in [0.05, 0.1) is 0 Å².